The van der Waals surface area contributed by atoms with Crippen molar-refractivity contribution in [2.24, 2.45) is 0 Å². The minimum atomic E-state index is 0.286. The van der Waals surface area contributed by atoms with Crippen LogP contribution in [0.3, 0.4) is 0 Å². The van der Waals surface area contributed by atoms with Crippen LogP contribution in [0.4, 0.5) is 11.4 Å². The summed E-state index contributed by atoms with van der Waals surface area (Å²) in [5.41, 5.74) is 1.85. The molecule has 0 bridgehead atoms. The fourth-order valence-corrected chi connectivity index (χ4v) is 1.91. The molecule has 0 aliphatic carbocycles. The molecule has 0 fully saturated rings. The molecule has 0 radical (unpaired) electrons. The van der Waals surface area contributed by atoms with Crippen LogP contribution in [-0.2, 0) is 0 Å². The first kappa shape index (κ1) is 13.8. The lowest BCUT2D eigenvalue weighted by Gasteiger charge is -2.08. The van der Waals surface area contributed by atoms with Gasteiger partial charge in [0, 0.05) is 5.69 Å². The molecule has 0 saturated carbocycles. The van der Waals surface area contributed by atoms with Gasteiger partial charge in [-0.25, -0.2) is 0 Å². The van der Waals surface area contributed by atoms with E-state index < -0.39 is 0 Å². The number of aldehydes is 1. The van der Waals surface area contributed by atoms with Crippen molar-refractivity contribution in [1.29, 1.82) is 0 Å². The van der Waals surface area contributed by atoms with Crippen LogP contribution in [0.15, 0.2) is 66.9 Å². The first-order valence-electron chi connectivity index (χ1n) is 6.71. The molecule has 108 valence electrons. The third kappa shape index (κ3) is 3.46. The van der Waals surface area contributed by atoms with Crippen LogP contribution in [0.1, 0.15) is 10.5 Å². The predicted octanol–water partition coefficient (Wildman–Crippen LogP) is 3.83. The molecule has 22 heavy (non-hydrogen) atoms. The van der Waals surface area contributed by atoms with Gasteiger partial charge in [0.1, 0.15) is 17.2 Å². The number of nitrogens with zero attached hydrogens (tertiary/aromatic N) is 2. The van der Waals surface area contributed by atoms with Crippen molar-refractivity contribution in [2.45, 2.75) is 0 Å². The lowest BCUT2D eigenvalue weighted by molar-refractivity contribution is 0.111. The maximum absolute atomic E-state index is 10.7. The lowest BCUT2D eigenvalue weighted by Crippen LogP contribution is -1.96. The molecule has 5 nitrogen and oxygen atoms in total. The number of hydrogen-bond acceptors (Lipinski definition) is 5. The van der Waals surface area contributed by atoms with E-state index in [9.17, 15) is 4.79 Å². The van der Waals surface area contributed by atoms with Gasteiger partial charge in [-0.05, 0) is 42.5 Å². The third-order valence-electron chi connectivity index (χ3n) is 2.92. The zero-order valence-electron chi connectivity index (χ0n) is 11.6. The van der Waals surface area contributed by atoms with E-state index in [1.807, 2.05) is 54.6 Å². The summed E-state index contributed by atoms with van der Waals surface area (Å²) < 4.78 is 5.72. The van der Waals surface area contributed by atoms with Gasteiger partial charge < -0.3 is 10.1 Å². The Hall–Kier alpha value is -3.21. The average Bonchev–Trinajstić information content (AvgIpc) is 2.58. The Bertz CT molecular complexity index is 758. The first-order chi connectivity index (χ1) is 10.8. The third-order valence-corrected chi connectivity index (χ3v) is 2.92. The second-order valence-corrected chi connectivity index (χ2v) is 4.55. The van der Waals surface area contributed by atoms with Crippen LogP contribution in [0.5, 0.6) is 11.5 Å². The second kappa shape index (κ2) is 6.49. The van der Waals surface area contributed by atoms with Gasteiger partial charge in [-0.1, -0.05) is 18.2 Å². The molecule has 0 aliphatic rings. The summed E-state index contributed by atoms with van der Waals surface area (Å²) in [6.45, 7) is 0. The van der Waals surface area contributed by atoms with Crippen molar-refractivity contribution in [3.63, 3.8) is 0 Å². The number of anilines is 2. The van der Waals surface area contributed by atoms with Crippen molar-refractivity contribution in [3.05, 3.63) is 72.6 Å². The van der Waals surface area contributed by atoms with Gasteiger partial charge in [-0.15, -0.1) is 5.10 Å². The molecule has 3 aromatic rings. The van der Waals surface area contributed by atoms with Crippen molar-refractivity contribution in [3.8, 4) is 11.5 Å². The van der Waals surface area contributed by atoms with Gasteiger partial charge in [0.25, 0.3) is 0 Å². The topological polar surface area (TPSA) is 64.1 Å². The summed E-state index contributed by atoms with van der Waals surface area (Å²) in [4.78, 5) is 10.7. The molecule has 3 rings (SSSR count). The van der Waals surface area contributed by atoms with E-state index in [0.717, 1.165) is 17.2 Å². The highest BCUT2D eigenvalue weighted by Gasteiger charge is 2.00. The SMILES string of the molecule is O=Cc1cc(Nc2ccc(Oc3ccccc3)cc2)cnn1. The molecule has 0 saturated heterocycles. The minimum absolute atomic E-state index is 0.286. The van der Waals surface area contributed by atoms with Crippen LogP contribution in [0, 0.1) is 0 Å². The molecule has 0 aliphatic heterocycles. The van der Waals surface area contributed by atoms with Crippen LogP contribution in [-0.4, -0.2) is 16.5 Å². The van der Waals surface area contributed by atoms with Crippen LogP contribution >= 0.6 is 0 Å². The fourth-order valence-electron chi connectivity index (χ4n) is 1.91. The quantitative estimate of drug-likeness (QED) is 0.724. The molecular weight excluding hydrogens is 278 g/mol. The Labute approximate surface area is 127 Å². The van der Waals surface area contributed by atoms with Gasteiger partial charge in [0.15, 0.2) is 6.29 Å². The molecule has 0 spiro atoms. The van der Waals surface area contributed by atoms with Crippen molar-refractivity contribution in [2.75, 3.05) is 5.32 Å². The Kier molecular flexibility index (Phi) is 4.06. The van der Waals surface area contributed by atoms with E-state index in [-0.39, 0.29) is 5.69 Å². The van der Waals surface area contributed by atoms with E-state index >= 15 is 0 Å². The molecule has 1 N–H and O–H groups in total. The molecule has 5 heteroatoms. The van der Waals surface area contributed by atoms with Crippen molar-refractivity contribution >= 4 is 17.7 Å². The summed E-state index contributed by atoms with van der Waals surface area (Å²) in [5, 5.41) is 10.6. The standard InChI is InChI=1S/C17H13N3O2/c21-12-15-10-14(11-18-20-15)19-13-6-8-17(9-7-13)22-16-4-2-1-3-5-16/h1-12H,(H,19,20). The van der Waals surface area contributed by atoms with Gasteiger partial charge in [-0.3, -0.25) is 4.79 Å². The van der Waals surface area contributed by atoms with Crippen molar-refractivity contribution in [1.82, 2.24) is 10.2 Å². The van der Waals surface area contributed by atoms with Gasteiger partial charge >= 0.3 is 0 Å². The number of rotatable bonds is 5. The number of carbonyl (C=O) groups excluding carboxylic acids is 1. The zero-order chi connectivity index (χ0) is 15.2. The maximum atomic E-state index is 10.7. The second-order valence-electron chi connectivity index (χ2n) is 4.55. The van der Waals surface area contributed by atoms with Crippen LogP contribution < -0.4 is 10.1 Å². The van der Waals surface area contributed by atoms with E-state index in [1.54, 1.807) is 12.3 Å². The number of ether oxygens (including phenoxy) is 1. The van der Waals surface area contributed by atoms with Gasteiger partial charge in [0.05, 0.1) is 11.9 Å². The Morgan fingerprint density at radius 2 is 1.64 bits per heavy atom. The molecule has 2 aromatic carbocycles. The largest absolute Gasteiger partial charge is 0.457 e. The highest BCUT2D eigenvalue weighted by atomic mass is 16.5. The number of carbonyl (C=O) groups is 1. The lowest BCUT2D eigenvalue weighted by atomic mass is 10.3. The number of hydrogen-bond donors (Lipinski definition) is 1. The highest BCUT2D eigenvalue weighted by molar-refractivity contribution is 5.74. The first-order valence-corrected chi connectivity index (χ1v) is 6.71. The molecule has 0 amide bonds. The number of benzene rings is 2. The smallest absolute Gasteiger partial charge is 0.170 e. The van der Waals surface area contributed by atoms with E-state index in [0.29, 0.717) is 12.0 Å². The van der Waals surface area contributed by atoms with Crippen LogP contribution in [0.25, 0.3) is 0 Å². The number of nitrogens with one attached hydrogen (secondary N) is 1. The fraction of sp³-hybridized carbons (Fsp3) is 0. The minimum Gasteiger partial charge on any atom is -0.457 e. The zero-order valence-corrected chi connectivity index (χ0v) is 11.6. The summed E-state index contributed by atoms with van der Waals surface area (Å²) in [7, 11) is 0. The van der Waals surface area contributed by atoms with E-state index in [2.05, 4.69) is 15.5 Å². The summed E-state index contributed by atoms with van der Waals surface area (Å²) >= 11 is 0. The predicted molar refractivity (Wildman–Crippen MR) is 83.7 cm³/mol. The Balaban J connectivity index is 1.70. The van der Waals surface area contributed by atoms with Crippen molar-refractivity contribution < 1.29 is 9.53 Å². The molecule has 0 unspecified atom stereocenters. The van der Waals surface area contributed by atoms with Gasteiger partial charge in [-0.2, -0.15) is 5.10 Å². The van der Waals surface area contributed by atoms with Crippen LogP contribution in [0.2, 0.25) is 0 Å². The number of aromatic nitrogens is 2. The van der Waals surface area contributed by atoms with E-state index in [1.165, 1.54) is 0 Å². The monoisotopic (exact) mass is 291 g/mol. The maximum Gasteiger partial charge on any atom is 0.170 e. The molecule has 0 atom stereocenters. The highest BCUT2D eigenvalue weighted by Crippen LogP contribution is 2.24. The molecule has 1 aromatic heterocycles. The summed E-state index contributed by atoms with van der Waals surface area (Å²) in [5.74, 6) is 1.54. The average molecular weight is 291 g/mol. The normalized spacial score (nSPS) is 10.0. The Morgan fingerprint density at radius 1 is 0.909 bits per heavy atom. The van der Waals surface area contributed by atoms with Gasteiger partial charge in [0.2, 0.25) is 0 Å². The molecule has 1 heterocycles. The summed E-state index contributed by atoms with van der Waals surface area (Å²) in [6.07, 6.45) is 2.22. The molecular formula is C17H13N3O2. The summed E-state index contributed by atoms with van der Waals surface area (Å²) in [6, 6.07) is 18.7. The van der Waals surface area contributed by atoms with E-state index in [4.69, 9.17) is 4.74 Å². The Morgan fingerprint density at radius 3 is 2.36 bits per heavy atom. The number of para-hydroxylation sites is 1.